The quantitative estimate of drug-likeness (QED) is 0.839. The topological polar surface area (TPSA) is 79.5 Å². The molecule has 2 aromatic rings. The highest BCUT2D eigenvalue weighted by Crippen LogP contribution is 2.30. The summed E-state index contributed by atoms with van der Waals surface area (Å²) in [5.41, 5.74) is 0.864. The molecule has 1 saturated carbocycles. The van der Waals surface area contributed by atoms with E-state index in [0.717, 1.165) is 12.1 Å². The Bertz CT molecular complexity index is 608. The molecule has 1 aliphatic carbocycles. The molecule has 6 nitrogen and oxygen atoms in total. The number of carboxylic acids is 1. The molecule has 1 aliphatic rings. The largest absolute Gasteiger partial charge is 0.480 e. The molecule has 0 saturated heterocycles. The molecule has 0 amide bonds. The monoisotopic (exact) mass is 287 g/mol. The molecule has 0 atom stereocenters. The summed E-state index contributed by atoms with van der Waals surface area (Å²) in [5.74, 6) is 0.697. The van der Waals surface area contributed by atoms with Gasteiger partial charge in [0.05, 0.1) is 13.1 Å². The molecule has 21 heavy (non-hydrogen) atoms. The minimum absolute atomic E-state index is 0.000446. The van der Waals surface area contributed by atoms with Crippen molar-refractivity contribution in [3.05, 3.63) is 36.2 Å². The Morgan fingerprint density at radius 1 is 1.29 bits per heavy atom. The molecular formula is C15H17N3O3. The van der Waals surface area contributed by atoms with Gasteiger partial charge >= 0.3 is 5.97 Å². The lowest BCUT2D eigenvalue weighted by atomic mass is 10.2. The van der Waals surface area contributed by atoms with Gasteiger partial charge in [-0.3, -0.25) is 9.69 Å². The average Bonchev–Trinajstić information content (AvgIpc) is 3.15. The van der Waals surface area contributed by atoms with Crippen LogP contribution in [0.25, 0.3) is 11.5 Å². The fourth-order valence-electron chi connectivity index (χ4n) is 2.25. The number of aromatic nitrogens is 2. The summed E-state index contributed by atoms with van der Waals surface area (Å²) in [6.45, 7) is 1.15. The summed E-state index contributed by atoms with van der Waals surface area (Å²) in [7, 11) is 0. The van der Waals surface area contributed by atoms with Gasteiger partial charge in [-0.05, 0) is 30.9 Å². The highest BCUT2D eigenvalue weighted by molar-refractivity contribution is 5.69. The van der Waals surface area contributed by atoms with Crippen molar-refractivity contribution in [1.82, 2.24) is 15.1 Å². The minimum atomic E-state index is -0.835. The van der Waals surface area contributed by atoms with Crippen LogP contribution in [0.15, 0.2) is 34.7 Å². The van der Waals surface area contributed by atoms with Crippen molar-refractivity contribution in [2.45, 2.75) is 19.4 Å². The summed E-state index contributed by atoms with van der Waals surface area (Å²) in [4.78, 5) is 12.8. The van der Waals surface area contributed by atoms with E-state index in [0.29, 0.717) is 24.2 Å². The van der Waals surface area contributed by atoms with Crippen LogP contribution in [0, 0.1) is 5.92 Å². The second-order valence-electron chi connectivity index (χ2n) is 5.37. The SMILES string of the molecule is O=C(O)CN(Cc1nnc(-c2ccccc2)o1)CC1CC1. The van der Waals surface area contributed by atoms with Crippen molar-refractivity contribution in [3.8, 4) is 11.5 Å². The maximum absolute atomic E-state index is 10.9. The zero-order chi connectivity index (χ0) is 14.7. The third-order valence-electron chi connectivity index (χ3n) is 3.42. The first-order valence-corrected chi connectivity index (χ1v) is 7.02. The standard InChI is InChI=1S/C15H17N3O3/c19-14(20)10-18(8-11-6-7-11)9-13-16-17-15(21-13)12-4-2-1-3-5-12/h1-5,11H,6-10H2,(H,19,20). The number of hydrogen-bond acceptors (Lipinski definition) is 5. The van der Waals surface area contributed by atoms with Crippen LogP contribution in [0.5, 0.6) is 0 Å². The third-order valence-corrected chi connectivity index (χ3v) is 3.42. The smallest absolute Gasteiger partial charge is 0.317 e. The Hall–Kier alpha value is -2.21. The van der Waals surface area contributed by atoms with Gasteiger partial charge < -0.3 is 9.52 Å². The molecule has 0 unspecified atom stereocenters. The van der Waals surface area contributed by atoms with Gasteiger partial charge in [-0.25, -0.2) is 0 Å². The molecule has 1 N–H and O–H groups in total. The number of carbonyl (C=O) groups is 1. The molecule has 6 heteroatoms. The first-order valence-electron chi connectivity index (χ1n) is 7.02. The van der Waals surface area contributed by atoms with Crippen LogP contribution < -0.4 is 0 Å². The van der Waals surface area contributed by atoms with E-state index in [9.17, 15) is 4.79 Å². The number of hydrogen-bond donors (Lipinski definition) is 1. The predicted molar refractivity (Wildman–Crippen MR) is 75.4 cm³/mol. The molecule has 0 spiro atoms. The van der Waals surface area contributed by atoms with Crippen LogP contribution in [-0.2, 0) is 11.3 Å². The first kappa shape index (κ1) is 13.8. The highest BCUT2D eigenvalue weighted by atomic mass is 16.4. The third kappa shape index (κ3) is 3.88. The van der Waals surface area contributed by atoms with E-state index in [4.69, 9.17) is 9.52 Å². The van der Waals surface area contributed by atoms with Crippen LogP contribution in [0.4, 0.5) is 0 Å². The van der Waals surface area contributed by atoms with Crippen molar-refractivity contribution in [2.75, 3.05) is 13.1 Å². The van der Waals surface area contributed by atoms with E-state index in [2.05, 4.69) is 10.2 Å². The lowest BCUT2D eigenvalue weighted by Gasteiger charge is -2.17. The van der Waals surface area contributed by atoms with Crippen LogP contribution in [-0.4, -0.2) is 39.3 Å². The normalized spacial score (nSPS) is 14.5. The second-order valence-corrected chi connectivity index (χ2v) is 5.37. The average molecular weight is 287 g/mol. The van der Waals surface area contributed by atoms with Crippen molar-refractivity contribution >= 4 is 5.97 Å². The second kappa shape index (κ2) is 6.05. The van der Waals surface area contributed by atoms with Crippen molar-refractivity contribution in [2.24, 2.45) is 5.92 Å². The molecule has 3 rings (SSSR count). The van der Waals surface area contributed by atoms with Gasteiger partial charge in [-0.2, -0.15) is 0 Å². The van der Waals surface area contributed by atoms with E-state index >= 15 is 0 Å². The fourth-order valence-corrected chi connectivity index (χ4v) is 2.25. The number of rotatable bonds is 7. The van der Waals surface area contributed by atoms with Gasteiger partial charge in [0.1, 0.15) is 0 Å². The summed E-state index contributed by atoms with van der Waals surface area (Å²) in [5, 5.41) is 17.0. The van der Waals surface area contributed by atoms with Gasteiger partial charge in [-0.1, -0.05) is 18.2 Å². The lowest BCUT2D eigenvalue weighted by molar-refractivity contribution is -0.138. The minimum Gasteiger partial charge on any atom is -0.480 e. The van der Waals surface area contributed by atoms with Gasteiger partial charge in [0.15, 0.2) is 0 Å². The predicted octanol–water partition coefficient (Wildman–Crippen LogP) is 2.03. The number of aliphatic carboxylic acids is 1. The number of nitrogens with zero attached hydrogens (tertiary/aromatic N) is 3. The van der Waals surface area contributed by atoms with Crippen molar-refractivity contribution < 1.29 is 14.3 Å². The Morgan fingerprint density at radius 2 is 2.05 bits per heavy atom. The molecule has 1 aromatic carbocycles. The number of carboxylic acid groups (broad SMARTS) is 1. The summed E-state index contributed by atoms with van der Waals surface area (Å²) in [6, 6.07) is 9.53. The molecule has 0 aliphatic heterocycles. The van der Waals surface area contributed by atoms with Crippen LogP contribution in [0.3, 0.4) is 0 Å². The highest BCUT2D eigenvalue weighted by Gasteiger charge is 2.26. The van der Waals surface area contributed by atoms with E-state index in [1.165, 1.54) is 12.8 Å². The van der Waals surface area contributed by atoms with Gasteiger partial charge in [-0.15, -0.1) is 10.2 Å². The summed E-state index contributed by atoms with van der Waals surface area (Å²) < 4.78 is 5.63. The van der Waals surface area contributed by atoms with E-state index in [1.807, 2.05) is 35.2 Å². The Kier molecular flexibility index (Phi) is 3.96. The van der Waals surface area contributed by atoms with Gasteiger partial charge in [0.25, 0.3) is 0 Å². The zero-order valence-corrected chi connectivity index (χ0v) is 11.6. The molecule has 1 heterocycles. The molecule has 1 fully saturated rings. The molecular weight excluding hydrogens is 270 g/mol. The van der Waals surface area contributed by atoms with Crippen molar-refractivity contribution in [1.29, 1.82) is 0 Å². The molecule has 1 aromatic heterocycles. The summed E-state index contributed by atoms with van der Waals surface area (Å²) >= 11 is 0. The number of benzene rings is 1. The van der Waals surface area contributed by atoms with E-state index in [-0.39, 0.29) is 6.54 Å². The Morgan fingerprint density at radius 3 is 2.71 bits per heavy atom. The zero-order valence-electron chi connectivity index (χ0n) is 11.6. The maximum Gasteiger partial charge on any atom is 0.317 e. The Balaban J connectivity index is 1.68. The first-order chi connectivity index (χ1) is 10.2. The molecule has 0 bridgehead atoms. The van der Waals surface area contributed by atoms with Gasteiger partial charge in [0, 0.05) is 12.1 Å². The summed E-state index contributed by atoms with van der Waals surface area (Å²) in [6.07, 6.45) is 2.35. The van der Waals surface area contributed by atoms with Gasteiger partial charge in [0.2, 0.25) is 11.8 Å². The molecule has 0 radical (unpaired) electrons. The van der Waals surface area contributed by atoms with Crippen LogP contribution >= 0.6 is 0 Å². The fraction of sp³-hybridized carbons (Fsp3) is 0.400. The van der Waals surface area contributed by atoms with E-state index in [1.54, 1.807) is 0 Å². The van der Waals surface area contributed by atoms with E-state index < -0.39 is 5.97 Å². The van der Waals surface area contributed by atoms with Crippen LogP contribution in [0.1, 0.15) is 18.7 Å². The Labute approximate surface area is 122 Å². The maximum atomic E-state index is 10.9. The van der Waals surface area contributed by atoms with Crippen molar-refractivity contribution in [3.63, 3.8) is 0 Å². The molecule has 110 valence electrons. The van der Waals surface area contributed by atoms with Crippen LogP contribution in [0.2, 0.25) is 0 Å². The lowest BCUT2D eigenvalue weighted by Crippen LogP contribution is -2.31.